The Morgan fingerprint density at radius 3 is 2.90 bits per heavy atom. The molecule has 2 fully saturated rings. The lowest BCUT2D eigenvalue weighted by molar-refractivity contribution is -0.127. The second kappa shape index (κ2) is 7.63. The third-order valence-corrected chi connectivity index (χ3v) is 5.91. The number of nitriles is 1. The Bertz CT molecular complexity index is 1000. The van der Waals surface area contributed by atoms with Gasteiger partial charge in [0.1, 0.15) is 23.4 Å². The average Bonchev–Trinajstić information content (AvgIpc) is 3.03. The topological polar surface area (TPSA) is 86.1 Å². The van der Waals surface area contributed by atoms with Crippen molar-refractivity contribution < 1.29 is 14.0 Å². The van der Waals surface area contributed by atoms with E-state index in [1.54, 1.807) is 29.2 Å². The third-order valence-electron chi connectivity index (χ3n) is 5.91. The maximum Gasteiger partial charge on any atom is 0.251 e. The number of benzene rings is 1. The summed E-state index contributed by atoms with van der Waals surface area (Å²) in [7, 11) is 0. The van der Waals surface area contributed by atoms with Crippen LogP contribution < -0.4 is 10.2 Å². The van der Waals surface area contributed by atoms with E-state index < -0.39 is 11.2 Å². The molecule has 2 aromatic rings. The highest BCUT2D eigenvalue weighted by Crippen LogP contribution is 2.45. The molecule has 1 aliphatic heterocycles. The highest BCUT2D eigenvalue weighted by Gasteiger charge is 2.50. The quantitative estimate of drug-likeness (QED) is 0.869. The molecule has 1 aliphatic carbocycles. The molecule has 2 amide bonds. The number of hydrogen-bond donors (Lipinski definition) is 1. The number of carbonyl (C=O) groups excluding carboxylic acids is 2. The Labute approximate surface area is 168 Å². The van der Waals surface area contributed by atoms with Crippen LogP contribution in [0.1, 0.15) is 48.2 Å². The van der Waals surface area contributed by atoms with Crippen molar-refractivity contribution in [1.82, 2.24) is 10.3 Å². The molecular formula is C22H21FN4O2. The Balaban J connectivity index is 1.48. The summed E-state index contributed by atoms with van der Waals surface area (Å²) in [6.07, 6.45) is 3.64. The van der Waals surface area contributed by atoms with Crippen LogP contribution in [0, 0.1) is 22.6 Å². The molecule has 1 saturated heterocycles. The predicted octanol–water partition coefficient (Wildman–Crippen LogP) is 3.19. The molecule has 29 heavy (non-hydrogen) atoms. The van der Waals surface area contributed by atoms with Crippen molar-refractivity contribution >= 4 is 17.6 Å². The lowest BCUT2D eigenvalue weighted by atomic mass is 9.71. The number of carbonyl (C=O) groups is 2. The van der Waals surface area contributed by atoms with E-state index in [1.807, 2.05) is 6.07 Å². The normalized spacial score (nSPS) is 23.8. The minimum Gasteiger partial charge on any atom is -0.349 e. The van der Waals surface area contributed by atoms with Gasteiger partial charge in [-0.15, -0.1) is 0 Å². The molecule has 7 heteroatoms. The predicted molar refractivity (Wildman–Crippen MR) is 104 cm³/mol. The Kier molecular flexibility index (Phi) is 5.01. The van der Waals surface area contributed by atoms with Crippen LogP contribution in [0.5, 0.6) is 0 Å². The molecule has 4 rings (SSSR count). The fraction of sp³-hybridized carbons (Fsp3) is 0.364. The molecule has 2 heterocycles. The maximum atomic E-state index is 13.4. The van der Waals surface area contributed by atoms with E-state index in [1.165, 1.54) is 18.2 Å². The second-order valence-corrected chi connectivity index (χ2v) is 7.76. The second-order valence-electron chi connectivity index (χ2n) is 7.76. The van der Waals surface area contributed by atoms with Gasteiger partial charge < -0.3 is 5.32 Å². The summed E-state index contributed by atoms with van der Waals surface area (Å²) < 4.78 is 13.4. The standard InChI is InChI=1S/C22H21FN4O2/c23-16-5-1-4-15(12-16)20(28)26-17-7-3-9-22(13-17)10-11-27(21(22)29)19-8-2-6-18(14-24)25-19/h1-2,4-6,8,12,17H,3,7,9-11,13H2,(H,26,28). The van der Waals surface area contributed by atoms with Gasteiger partial charge in [0.05, 0.1) is 5.41 Å². The monoisotopic (exact) mass is 392 g/mol. The Morgan fingerprint density at radius 2 is 2.10 bits per heavy atom. The first-order chi connectivity index (χ1) is 14.0. The Hall–Kier alpha value is -3.27. The van der Waals surface area contributed by atoms with E-state index in [-0.39, 0.29) is 29.1 Å². The SMILES string of the molecule is N#Cc1cccc(N2CCC3(CCCC(NC(=O)c4cccc(F)c4)C3)C2=O)n1. The molecule has 1 N–H and O–H groups in total. The van der Waals surface area contributed by atoms with Gasteiger partial charge in [0.2, 0.25) is 5.91 Å². The van der Waals surface area contributed by atoms with Gasteiger partial charge in [-0.3, -0.25) is 14.5 Å². The Morgan fingerprint density at radius 1 is 1.28 bits per heavy atom. The molecule has 2 unspecified atom stereocenters. The smallest absolute Gasteiger partial charge is 0.251 e. The number of amides is 2. The van der Waals surface area contributed by atoms with Crippen LogP contribution in [-0.4, -0.2) is 29.4 Å². The van der Waals surface area contributed by atoms with E-state index in [0.29, 0.717) is 25.2 Å². The van der Waals surface area contributed by atoms with E-state index in [9.17, 15) is 14.0 Å². The number of aromatic nitrogens is 1. The fourth-order valence-electron chi connectivity index (χ4n) is 4.48. The van der Waals surface area contributed by atoms with E-state index in [2.05, 4.69) is 10.3 Å². The zero-order chi connectivity index (χ0) is 20.4. The molecule has 1 saturated carbocycles. The molecule has 1 aromatic heterocycles. The van der Waals surface area contributed by atoms with Crippen molar-refractivity contribution in [2.45, 2.75) is 38.1 Å². The van der Waals surface area contributed by atoms with Crippen molar-refractivity contribution in [2.75, 3.05) is 11.4 Å². The molecule has 6 nitrogen and oxygen atoms in total. The van der Waals surface area contributed by atoms with Crippen LogP contribution in [0.15, 0.2) is 42.5 Å². The van der Waals surface area contributed by atoms with Gasteiger partial charge in [-0.2, -0.15) is 5.26 Å². The highest BCUT2D eigenvalue weighted by molar-refractivity contribution is 5.99. The molecule has 1 aromatic carbocycles. The van der Waals surface area contributed by atoms with E-state index in [0.717, 1.165) is 19.3 Å². The summed E-state index contributed by atoms with van der Waals surface area (Å²) in [5.74, 6) is -0.273. The third kappa shape index (κ3) is 3.70. The number of anilines is 1. The summed E-state index contributed by atoms with van der Waals surface area (Å²) in [5, 5.41) is 12.0. The minimum atomic E-state index is -0.525. The number of nitrogens with zero attached hydrogens (tertiary/aromatic N) is 3. The number of halogens is 1. The van der Waals surface area contributed by atoms with Crippen molar-refractivity contribution in [3.63, 3.8) is 0 Å². The van der Waals surface area contributed by atoms with Gasteiger partial charge in [0.25, 0.3) is 5.91 Å². The summed E-state index contributed by atoms with van der Waals surface area (Å²) >= 11 is 0. The van der Waals surface area contributed by atoms with Crippen molar-refractivity contribution in [2.24, 2.45) is 5.41 Å². The van der Waals surface area contributed by atoms with Gasteiger partial charge in [0, 0.05) is 18.2 Å². The van der Waals surface area contributed by atoms with Gasteiger partial charge in [-0.25, -0.2) is 9.37 Å². The van der Waals surface area contributed by atoms with Crippen molar-refractivity contribution in [3.8, 4) is 6.07 Å². The van der Waals surface area contributed by atoms with E-state index >= 15 is 0 Å². The first kappa shape index (κ1) is 19.1. The number of rotatable bonds is 3. The minimum absolute atomic E-state index is 0.00444. The van der Waals surface area contributed by atoms with Crippen molar-refractivity contribution in [3.05, 3.63) is 59.5 Å². The molecule has 148 valence electrons. The molecule has 0 bridgehead atoms. The maximum absolute atomic E-state index is 13.4. The highest BCUT2D eigenvalue weighted by atomic mass is 19.1. The first-order valence-corrected chi connectivity index (χ1v) is 9.76. The molecule has 1 spiro atoms. The average molecular weight is 392 g/mol. The van der Waals surface area contributed by atoms with Crippen LogP contribution in [0.2, 0.25) is 0 Å². The van der Waals surface area contributed by atoms with Gasteiger partial charge >= 0.3 is 0 Å². The first-order valence-electron chi connectivity index (χ1n) is 9.76. The van der Waals surface area contributed by atoms with Crippen molar-refractivity contribution in [1.29, 1.82) is 5.26 Å². The zero-order valence-corrected chi connectivity index (χ0v) is 15.9. The fourth-order valence-corrected chi connectivity index (χ4v) is 4.48. The molecular weight excluding hydrogens is 371 g/mol. The van der Waals surface area contributed by atoms with Crippen LogP contribution in [0.25, 0.3) is 0 Å². The zero-order valence-electron chi connectivity index (χ0n) is 15.9. The van der Waals surface area contributed by atoms with Crippen LogP contribution in [0.3, 0.4) is 0 Å². The van der Waals surface area contributed by atoms with Crippen LogP contribution in [0.4, 0.5) is 10.2 Å². The van der Waals surface area contributed by atoms with E-state index in [4.69, 9.17) is 5.26 Å². The summed E-state index contributed by atoms with van der Waals surface area (Å²) in [6.45, 7) is 0.547. The summed E-state index contributed by atoms with van der Waals surface area (Å²) in [5.41, 5.74) is 0.0317. The number of pyridine rings is 1. The largest absolute Gasteiger partial charge is 0.349 e. The number of nitrogens with one attached hydrogen (secondary N) is 1. The lowest BCUT2D eigenvalue weighted by Gasteiger charge is -2.36. The molecule has 2 aliphatic rings. The van der Waals surface area contributed by atoms with Gasteiger partial charge in [0.15, 0.2) is 0 Å². The van der Waals surface area contributed by atoms with Gasteiger partial charge in [-0.05, 0) is 56.0 Å². The molecule has 0 radical (unpaired) electrons. The van der Waals surface area contributed by atoms with Crippen LogP contribution >= 0.6 is 0 Å². The summed E-state index contributed by atoms with van der Waals surface area (Å²) in [4.78, 5) is 31.7. The molecule has 2 atom stereocenters. The van der Waals surface area contributed by atoms with Gasteiger partial charge in [-0.1, -0.05) is 18.6 Å². The van der Waals surface area contributed by atoms with Crippen LogP contribution in [-0.2, 0) is 4.79 Å². The number of hydrogen-bond acceptors (Lipinski definition) is 4. The summed E-state index contributed by atoms with van der Waals surface area (Å²) in [6, 6.07) is 12.5. The lowest BCUT2D eigenvalue weighted by Crippen LogP contribution is -2.46.